The van der Waals surface area contributed by atoms with E-state index in [-0.39, 0.29) is 18.1 Å². The highest BCUT2D eigenvalue weighted by Gasteiger charge is 2.31. The van der Waals surface area contributed by atoms with Crippen LogP contribution in [0.2, 0.25) is 0 Å². The number of piperidine rings is 1. The molecule has 2 fully saturated rings. The third kappa shape index (κ3) is 4.17. The van der Waals surface area contributed by atoms with Gasteiger partial charge in [-0.2, -0.15) is 0 Å². The van der Waals surface area contributed by atoms with Crippen molar-refractivity contribution in [2.24, 2.45) is 0 Å². The first kappa shape index (κ1) is 17.4. The van der Waals surface area contributed by atoms with Crippen molar-refractivity contribution in [3.05, 3.63) is 34.9 Å². The van der Waals surface area contributed by atoms with E-state index in [2.05, 4.69) is 16.3 Å². The molecule has 1 saturated carbocycles. The Bertz CT molecular complexity index is 559. The van der Waals surface area contributed by atoms with E-state index in [9.17, 15) is 9.90 Å². The van der Waals surface area contributed by atoms with Gasteiger partial charge in [0.1, 0.15) is 0 Å². The number of nitrogens with one attached hydrogen (secondary N) is 1. The Morgan fingerprint density at radius 2 is 1.67 bits per heavy atom. The molecule has 2 atom stereocenters. The molecule has 2 aliphatic rings. The van der Waals surface area contributed by atoms with Crippen LogP contribution in [0.5, 0.6) is 0 Å². The summed E-state index contributed by atoms with van der Waals surface area (Å²) in [5, 5.41) is 13.4. The number of aryl methyl sites for hydroxylation is 2. The van der Waals surface area contributed by atoms with Crippen LogP contribution >= 0.6 is 0 Å². The van der Waals surface area contributed by atoms with Gasteiger partial charge in [0.25, 0.3) is 5.91 Å². The number of rotatable bonds is 3. The zero-order valence-electron chi connectivity index (χ0n) is 14.9. The van der Waals surface area contributed by atoms with Crippen LogP contribution in [-0.4, -0.2) is 47.2 Å². The number of aliphatic hydroxyl groups is 1. The molecule has 132 valence electrons. The normalized spacial score (nSPS) is 26.3. The van der Waals surface area contributed by atoms with E-state index in [0.29, 0.717) is 6.04 Å². The summed E-state index contributed by atoms with van der Waals surface area (Å²) in [6.07, 6.45) is 6.21. The Hall–Kier alpha value is -1.39. The average molecular weight is 330 g/mol. The Morgan fingerprint density at radius 3 is 2.29 bits per heavy atom. The fourth-order valence-corrected chi connectivity index (χ4v) is 4.27. The summed E-state index contributed by atoms with van der Waals surface area (Å²) < 4.78 is 0. The van der Waals surface area contributed by atoms with Crippen molar-refractivity contribution in [1.29, 1.82) is 0 Å². The van der Waals surface area contributed by atoms with Crippen molar-refractivity contribution in [3.63, 3.8) is 0 Å². The van der Waals surface area contributed by atoms with Gasteiger partial charge in [-0.3, -0.25) is 9.69 Å². The number of carbonyl (C=O) groups is 1. The smallest absolute Gasteiger partial charge is 0.251 e. The maximum atomic E-state index is 12.5. The summed E-state index contributed by atoms with van der Waals surface area (Å²) in [5.74, 6) is 0.0398. The lowest BCUT2D eigenvalue weighted by molar-refractivity contribution is 0.00727. The molecule has 3 rings (SSSR count). The van der Waals surface area contributed by atoms with Crippen molar-refractivity contribution in [3.8, 4) is 0 Å². The lowest BCUT2D eigenvalue weighted by Gasteiger charge is -2.41. The second-order valence-corrected chi connectivity index (χ2v) is 7.58. The topological polar surface area (TPSA) is 52.6 Å². The van der Waals surface area contributed by atoms with E-state index in [4.69, 9.17) is 0 Å². The third-order valence-electron chi connectivity index (χ3n) is 5.51. The van der Waals surface area contributed by atoms with Gasteiger partial charge in [0.15, 0.2) is 0 Å². The van der Waals surface area contributed by atoms with Gasteiger partial charge < -0.3 is 10.4 Å². The highest BCUT2D eigenvalue weighted by molar-refractivity contribution is 5.94. The van der Waals surface area contributed by atoms with Crippen LogP contribution in [0.3, 0.4) is 0 Å². The molecule has 1 aromatic carbocycles. The zero-order chi connectivity index (χ0) is 17.1. The number of amides is 1. The SMILES string of the molecule is Cc1cc(C)cc(C(=O)NC2CCN(C3CCCCC3O)CC2)c1. The molecule has 1 saturated heterocycles. The lowest BCUT2D eigenvalue weighted by atomic mass is 9.89. The molecule has 2 unspecified atom stereocenters. The van der Waals surface area contributed by atoms with E-state index < -0.39 is 0 Å². The Morgan fingerprint density at radius 1 is 1.04 bits per heavy atom. The Kier molecular flexibility index (Phi) is 5.57. The highest BCUT2D eigenvalue weighted by atomic mass is 16.3. The Balaban J connectivity index is 1.52. The first-order valence-electron chi connectivity index (χ1n) is 9.34. The second-order valence-electron chi connectivity index (χ2n) is 7.58. The number of benzene rings is 1. The van der Waals surface area contributed by atoms with Crippen LogP contribution < -0.4 is 5.32 Å². The number of nitrogens with zero attached hydrogens (tertiary/aromatic N) is 1. The first-order valence-corrected chi connectivity index (χ1v) is 9.34. The van der Waals surface area contributed by atoms with Gasteiger partial charge in [0, 0.05) is 30.7 Å². The first-order chi connectivity index (χ1) is 11.5. The molecule has 2 N–H and O–H groups in total. The maximum absolute atomic E-state index is 12.5. The molecule has 1 amide bonds. The molecule has 0 bridgehead atoms. The minimum absolute atomic E-state index is 0.0398. The summed E-state index contributed by atoms with van der Waals surface area (Å²) in [6, 6.07) is 6.57. The van der Waals surface area contributed by atoms with Crippen molar-refractivity contribution < 1.29 is 9.90 Å². The number of hydrogen-bond donors (Lipinski definition) is 2. The van der Waals surface area contributed by atoms with E-state index in [1.165, 1.54) is 6.42 Å². The molecule has 4 heteroatoms. The summed E-state index contributed by atoms with van der Waals surface area (Å²) in [7, 11) is 0. The zero-order valence-corrected chi connectivity index (χ0v) is 14.9. The largest absolute Gasteiger partial charge is 0.391 e. The van der Waals surface area contributed by atoms with Crippen LogP contribution in [-0.2, 0) is 0 Å². The van der Waals surface area contributed by atoms with Crippen LogP contribution in [0.4, 0.5) is 0 Å². The van der Waals surface area contributed by atoms with Crippen LogP contribution in [0, 0.1) is 13.8 Å². The molecule has 0 aromatic heterocycles. The van der Waals surface area contributed by atoms with Gasteiger partial charge in [-0.1, -0.05) is 30.0 Å². The molecule has 1 aromatic rings. The van der Waals surface area contributed by atoms with Crippen molar-refractivity contribution in [2.45, 2.75) is 70.6 Å². The van der Waals surface area contributed by atoms with Gasteiger partial charge in [-0.25, -0.2) is 0 Å². The minimum atomic E-state index is -0.167. The average Bonchev–Trinajstić information content (AvgIpc) is 2.55. The summed E-state index contributed by atoms with van der Waals surface area (Å²) in [4.78, 5) is 14.9. The molecule has 1 heterocycles. The van der Waals surface area contributed by atoms with Crippen molar-refractivity contribution in [2.75, 3.05) is 13.1 Å². The van der Waals surface area contributed by atoms with Gasteiger partial charge >= 0.3 is 0 Å². The van der Waals surface area contributed by atoms with Gasteiger partial charge in [-0.05, 0) is 51.7 Å². The van der Waals surface area contributed by atoms with Gasteiger partial charge in [0.05, 0.1) is 6.10 Å². The predicted molar refractivity (Wildman–Crippen MR) is 96.2 cm³/mol. The quantitative estimate of drug-likeness (QED) is 0.896. The summed E-state index contributed by atoms with van der Waals surface area (Å²) in [6.45, 7) is 5.99. The van der Waals surface area contributed by atoms with E-state index in [1.54, 1.807) is 0 Å². The highest BCUT2D eigenvalue weighted by Crippen LogP contribution is 2.26. The maximum Gasteiger partial charge on any atom is 0.251 e. The molecular formula is C20H30N2O2. The van der Waals surface area contributed by atoms with Crippen LogP contribution in [0.1, 0.15) is 60.0 Å². The molecular weight excluding hydrogens is 300 g/mol. The molecule has 0 spiro atoms. The number of carbonyl (C=O) groups excluding carboxylic acids is 1. The molecule has 4 nitrogen and oxygen atoms in total. The standard InChI is InChI=1S/C20H30N2O2/c1-14-11-15(2)13-16(12-14)20(24)21-17-7-9-22(10-8-17)18-5-3-4-6-19(18)23/h11-13,17-19,23H,3-10H2,1-2H3,(H,21,24). The number of hydrogen-bond acceptors (Lipinski definition) is 3. The minimum Gasteiger partial charge on any atom is -0.391 e. The predicted octanol–water partition coefficient (Wildman–Crippen LogP) is 2.80. The molecule has 0 radical (unpaired) electrons. The second kappa shape index (κ2) is 7.66. The fraction of sp³-hybridized carbons (Fsp3) is 0.650. The van der Waals surface area contributed by atoms with E-state index in [1.807, 2.05) is 26.0 Å². The Labute approximate surface area is 145 Å². The number of aliphatic hydroxyl groups excluding tert-OH is 1. The van der Waals surface area contributed by atoms with Crippen LogP contribution in [0.25, 0.3) is 0 Å². The van der Waals surface area contributed by atoms with E-state index in [0.717, 1.165) is 61.9 Å². The van der Waals surface area contributed by atoms with E-state index >= 15 is 0 Å². The summed E-state index contributed by atoms with van der Waals surface area (Å²) in [5.41, 5.74) is 3.01. The third-order valence-corrected chi connectivity index (χ3v) is 5.51. The van der Waals surface area contributed by atoms with Crippen molar-refractivity contribution >= 4 is 5.91 Å². The monoisotopic (exact) mass is 330 g/mol. The summed E-state index contributed by atoms with van der Waals surface area (Å²) >= 11 is 0. The number of likely N-dealkylation sites (tertiary alicyclic amines) is 1. The molecule has 24 heavy (non-hydrogen) atoms. The lowest BCUT2D eigenvalue weighted by Crippen LogP contribution is -2.52. The van der Waals surface area contributed by atoms with Crippen molar-refractivity contribution in [1.82, 2.24) is 10.2 Å². The van der Waals surface area contributed by atoms with Gasteiger partial charge in [-0.15, -0.1) is 0 Å². The molecule has 1 aliphatic heterocycles. The molecule has 1 aliphatic carbocycles. The van der Waals surface area contributed by atoms with Gasteiger partial charge in [0.2, 0.25) is 0 Å². The van der Waals surface area contributed by atoms with Crippen LogP contribution in [0.15, 0.2) is 18.2 Å². The fourth-order valence-electron chi connectivity index (χ4n) is 4.27.